The Labute approximate surface area is 128 Å². The van der Waals surface area contributed by atoms with Gasteiger partial charge in [0.1, 0.15) is 11.9 Å². The molecule has 0 bridgehead atoms. The number of halogens is 1. The molecule has 104 valence electrons. The lowest BCUT2D eigenvalue weighted by Gasteiger charge is -2.17. The molecule has 2 aromatic rings. The molecule has 2 aromatic carbocycles. The fraction of sp³-hybridized carbons (Fsp3) is 0.294. The Kier molecular flexibility index (Phi) is 4.08. The van der Waals surface area contributed by atoms with E-state index in [0.717, 1.165) is 23.2 Å². The third kappa shape index (κ3) is 3.05. The van der Waals surface area contributed by atoms with Crippen LogP contribution >= 0.6 is 15.9 Å². The van der Waals surface area contributed by atoms with Gasteiger partial charge >= 0.3 is 0 Å². The van der Waals surface area contributed by atoms with E-state index >= 15 is 0 Å². The minimum atomic E-state index is 0.227. The molecule has 3 heteroatoms. The van der Waals surface area contributed by atoms with Crippen LogP contribution in [0.2, 0.25) is 0 Å². The average molecular weight is 332 g/mol. The molecule has 0 saturated carbocycles. The van der Waals surface area contributed by atoms with Crippen molar-refractivity contribution >= 4 is 15.9 Å². The van der Waals surface area contributed by atoms with Crippen LogP contribution in [0, 0.1) is 0 Å². The Morgan fingerprint density at radius 3 is 2.85 bits per heavy atom. The topological polar surface area (TPSA) is 21.3 Å². The van der Waals surface area contributed by atoms with Crippen LogP contribution in [0.25, 0.3) is 0 Å². The highest BCUT2D eigenvalue weighted by molar-refractivity contribution is 9.10. The molecular weight excluding hydrogens is 314 g/mol. The van der Waals surface area contributed by atoms with Crippen LogP contribution in [-0.2, 0) is 6.42 Å². The van der Waals surface area contributed by atoms with Gasteiger partial charge in [0, 0.05) is 23.5 Å². The molecule has 2 unspecified atom stereocenters. The zero-order valence-electron chi connectivity index (χ0n) is 11.5. The van der Waals surface area contributed by atoms with Gasteiger partial charge in [0.25, 0.3) is 0 Å². The van der Waals surface area contributed by atoms with Crippen LogP contribution < -0.4 is 10.1 Å². The maximum absolute atomic E-state index is 5.96. The Balaban J connectivity index is 1.56. The highest BCUT2D eigenvalue weighted by atomic mass is 79.9. The van der Waals surface area contributed by atoms with Crippen molar-refractivity contribution in [2.24, 2.45) is 0 Å². The van der Waals surface area contributed by atoms with Crippen molar-refractivity contribution in [2.45, 2.75) is 25.5 Å². The van der Waals surface area contributed by atoms with Gasteiger partial charge in [-0.1, -0.05) is 46.3 Å². The largest absolute Gasteiger partial charge is 0.488 e. The van der Waals surface area contributed by atoms with Crippen LogP contribution in [0.5, 0.6) is 5.75 Å². The number of rotatable bonds is 4. The zero-order valence-corrected chi connectivity index (χ0v) is 13.1. The monoisotopic (exact) mass is 331 g/mol. The maximum atomic E-state index is 5.96. The summed E-state index contributed by atoms with van der Waals surface area (Å²) in [5.41, 5.74) is 2.60. The molecule has 0 amide bonds. The summed E-state index contributed by atoms with van der Waals surface area (Å²) in [6, 6.07) is 17.1. The lowest BCUT2D eigenvalue weighted by Crippen LogP contribution is -2.31. The van der Waals surface area contributed by atoms with Gasteiger partial charge in [-0.25, -0.2) is 0 Å². The van der Waals surface area contributed by atoms with E-state index in [4.69, 9.17) is 4.74 Å². The lowest BCUT2D eigenvalue weighted by atomic mass is 10.1. The van der Waals surface area contributed by atoms with Crippen LogP contribution in [0.3, 0.4) is 0 Å². The summed E-state index contributed by atoms with van der Waals surface area (Å²) in [5.74, 6) is 1.02. The molecule has 1 aliphatic heterocycles. The number of ether oxygens (including phenoxy) is 1. The summed E-state index contributed by atoms with van der Waals surface area (Å²) in [4.78, 5) is 0. The van der Waals surface area contributed by atoms with Crippen molar-refractivity contribution in [1.29, 1.82) is 0 Å². The first-order valence-corrected chi connectivity index (χ1v) is 7.75. The van der Waals surface area contributed by atoms with Crippen LogP contribution in [0.1, 0.15) is 24.1 Å². The third-order valence-corrected chi connectivity index (χ3v) is 4.21. The molecule has 0 spiro atoms. The highest BCUT2D eigenvalue weighted by Gasteiger charge is 2.23. The van der Waals surface area contributed by atoms with Gasteiger partial charge in [-0.15, -0.1) is 0 Å². The van der Waals surface area contributed by atoms with Crippen molar-refractivity contribution in [1.82, 2.24) is 5.32 Å². The molecule has 0 saturated heterocycles. The lowest BCUT2D eigenvalue weighted by molar-refractivity contribution is 0.222. The predicted octanol–water partition coefficient (Wildman–Crippen LogP) is 4.10. The molecule has 0 fully saturated rings. The number of fused-ring (bicyclic) bond motifs is 1. The molecule has 1 N–H and O–H groups in total. The first kappa shape index (κ1) is 13.7. The molecule has 1 heterocycles. The first-order chi connectivity index (χ1) is 9.72. The average Bonchev–Trinajstić information content (AvgIpc) is 2.87. The van der Waals surface area contributed by atoms with E-state index in [2.05, 4.69) is 58.5 Å². The molecular formula is C17H18BrNO. The van der Waals surface area contributed by atoms with E-state index in [1.807, 2.05) is 18.2 Å². The molecule has 3 rings (SSSR count). The highest BCUT2D eigenvalue weighted by Crippen LogP contribution is 2.31. The van der Waals surface area contributed by atoms with E-state index in [1.165, 1.54) is 11.1 Å². The Bertz CT molecular complexity index is 585. The van der Waals surface area contributed by atoms with Crippen LogP contribution in [-0.4, -0.2) is 12.6 Å². The SMILES string of the molecule is CC(NCC1Cc2cc(Br)ccc2O1)c1ccccc1. The van der Waals surface area contributed by atoms with Gasteiger partial charge in [0.2, 0.25) is 0 Å². The molecule has 1 aliphatic rings. The van der Waals surface area contributed by atoms with Gasteiger partial charge in [-0.05, 0) is 36.2 Å². The standard InChI is InChI=1S/C17H18BrNO/c1-12(13-5-3-2-4-6-13)19-11-16-10-14-9-15(18)7-8-17(14)20-16/h2-9,12,16,19H,10-11H2,1H3. The van der Waals surface area contributed by atoms with E-state index < -0.39 is 0 Å². The summed E-state index contributed by atoms with van der Waals surface area (Å²) >= 11 is 3.51. The van der Waals surface area contributed by atoms with E-state index in [9.17, 15) is 0 Å². The van der Waals surface area contributed by atoms with Gasteiger partial charge in [0.05, 0.1) is 0 Å². The smallest absolute Gasteiger partial charge is 0.123 e. The van der Waals surface area contributed by atoms with Gasteiger partial charge in [0.15, 0.2) is 0 Å². The first-order valence-electron chi connectivity index (χ1n) is 6.96. The minimum absolute atomic E-state index is 0.227. The van der Waals surface area contributed by atoms with Crippen molar-refractivity contribution in [2.75, 3.05) is 6.54 Å². The normalized spacial score (nSPS) is 18.4. The second kappa shape index (κ2) is 5.98. The van der Waals surface area contributed by atoms with E-state index in [-0.39, 0.29) is 6.10 Å². The van der Waals surface area contributed by atoms with E-state index in [0.29, 0.717) is 6.04 Å². The number of hydrogen-bond acceptors (Lipinski definition) is 2. The molecule has 0 aromatic heterocycles. The fourth-order valence-electron chi connectivity index (χ4n) is 2.57. The van der Waals surface area contributed by atoms with Crippen molar-refractivity contribution in [3.63, 3.8) is 0 Å². The van der Waals surface area contributed by atoms with Gasteiger partial charge in [-0.2, -0.15) is 0 Å². The summed E-state index contributed by atoms with van der Waals surface area (Å²) < 4.78 is 7.08. The van der Waals surface area contributed by atoms with Crippen molar-refractivity contribution in [3.05, 3.63) is 64.1 Å². The molecule has 0 aliphatic carbocycles. The van der Waals surface area contributed by atoms with Crippen LogP contribution in [0.15, 0.2) is 53.0 Å². The summed E-state index contributed by atoms with van der Waals surface area (Å²) in [6.07, 6.45) is 1.20. The number of nitrogens with one attached hydrogen (secondary N) is 1. The Morgan fingerprint density at radius 2 is 2.05 bits per heavy atom. The summed E-state index contributed by atoms with van der Waals surface area (Å²) in [5, 5.41) is 3.55. The van der Waals surface area contributed by atoms with Crippen molar-refractivity contribution in [3.8, 4) is 5.75 Å². The summed E-state index contributed by atoms with van der Waals surface area (Å²) in [7, 11) is 0. The van der Waals surface area contributed by atoms with Gasteiger partial charge < -0.3 is 10.1 Å². The summed E-state index contributed by atoms with van der Waals surface area (Å²) in [6.45, 7) is 3.05. The second-order valence-corrected chi connectivity index (χ2v) is 6.15. The Hall–Kier alpha value is -1.32. The predicted molar refractivity (Wildman–Crippen MR) is 85.1 cm³/mol. The minimum Gasteiger partial charge on any atom is -0.488 e. The van der Waals surface area contributed by atoms with Gasteiger partial charge in [-0.3, -0.25) is 0 Å². The maximum Gasteiger partial charge on any atom is 0.123 e. The second-order valence-electron chi connectivity index (χ2n) is 5.24. The molecule has 2 atom stereocenters. The number of hydrogen-bond donors (Lipinski definition) is 1. The van der Waals surface area contributed by atoms with Crippen LogP contribution in [0.4, 0.5) is 0 Å². The molecule has 2 nitrogen and oxygen atoms in total. The molecule has 0 radical (unpaired) electrons. The van der Waals surface area contributed by atoms with E-state index in [1.54, 1.807) is 0 Å². The third-order valence-electron chi connectivity index (χ3n) is 3.72. The Morgan fingerprint density at radius 1 is 1.25 bits per heavy atom. The van der Waals surface area contributed by atoms with Crippen molar-refractivity contribution < 1.29 is 4.74 Å². The molecule has 20 heavy (non-hydrogen) atoms. The number of benzene rings is 2. The zero-order chi connectivity index (χ0) is 13.9. The quantitative estimate of drug-likeness (QED) is 0.910. The fourth-order valence-corrected chi connectivity index (χ4v) is 2.98.